The number of rotatable bonds is 6. The van der Waals surface area contributed by atoms with Crippen LogP contribution in [0.5, 0.6) is 0 Å². The predicted molar refractivity (Wildman–Crippen MR) is 83.2 cm³/mol. The summed E-state index contributed by atoms with van der Waals surface area (Å²) in [5.74, 6) is 1.91. The van der Waals surface area contributed by atoms with Crippen molar-refractivity contribution >= 4 is 27.4 Å². The van der Waals surface area contributed by atoms with Gasteiger partial charge in [0.2, 0.25) is 0 Å². The van der Waals surface area contributed by atoms with Crippen LogP contribution in [0.25, 0.3) is 10.2 Å². The molecule has 0 amide bonds. The van der Waals surface area contributed by atoms with Gasteiger partial charge in [0.15, 0.2) is 0 Å². The zero-order valence-electron chi connectivity index (χ0n) is 12.2. The van der Waals surface area contributed by atoms with Gasteiger partial charge >= 0.3 is 0 Å². The van der Waals surface area contributed by atoms with Crippen LogP contribution in [0.1, 0.15) is 24.0 Å². The quantitative estimate of drug-likeness (QED) is 0.825. The van der Waals surface area contributed by atoms with E-state index in [1.54, 1.807) is 11.3 Å². The maximum atomic E-state index is 4.62. The summed E-state index contributed by atoms with van der Waals surface area (Å²) >= 11 is 1.74. The molecule has 0 atom stereocenters. The summed E-state index contributed by atoms with van der Waals surface area (Å²) in [7, 11) is 4.20. The van der Waals surface area contributed by atoms with Crippen molar-refractivity contribution in [3.05, 3.63) is 16.8 Å². The molecule has 0 bridgehead atoms. The Morgan fingerprint density at radius 2 is 2.11 bits per heavy atom. The average molecular weight is 278 g/mol. The van der Waals surface area contributed by atoms with Gasteiger partial charge in [0.05, 0.1) is 5.39 Å². The molecule has 0 aliphatic carbocycles. The molecule has 4 nitrogen and oxygen atoms in total. The molecule has 2 aromatic rings. The van der Waals surface area contributed by atoms with E-state index in [4.69, 9.17) is 0 Å². The van der Waals surface area contributed by atoms with Gasteiger partial charge in [-0.2, -0.15) is 0 Å². The highest BCUT2D eigenvalue weighted by Crippen LogP contribution is 2.28. The van der Waals surface area contributed by atoms with E-state index in [1.807, 2.05) is 0 Å². The summed E-state index contributed by atoms with van der Waals surface area (Å²) in [5.41, 5.74) is 0. The van der Waals surface area contributed by atoms with Gasteiger partial charge < -0.3 is 10.2 Å². The van der Waals surface area contributed by atoms with E-state index in [0.29, 0.717) is 0 Å². The highest BCUT2D eigenvalue weighted by Gasteiger charge is 2.09. The van der Waals surface area contributed by atoms with Crippen LogP contribution in [0.3, 0.4) is 0 Å². The lowest BCUT2D eigenvalue weighted by Crippen LogP contribution is -2.17. The van der Waals surface area contributed by atoms with E-state index < -0.39 is 0 Å². The number of nitrogens with one attached hydrogen (secondary N) is 1. The maximum absolute atomic E-state index is 4.62. The van der Waals surface area contributed by atoms with Crippen molar-refractivity contribution in [3.63, 3.8) is 0 Å². The van der Waals surface area contributed by atoms with Gasteiger partial charge in [0.25, 0.3) is 0 Å². The van der Waals surface area contributed by atoms with Crippen LogP contribution in [0.15, 0.2) is 6.07 Å². The Morgan fingerprint density at radius 1 is 1.32 bits per heavy atom. The highest BCUT2D eigenvalue weighted by atomic mass is 32.1. The van der Waals surface area contributed by atoms with Crippen molar-refractivity contribution in [2.24, 2.45) is 0 Å². The molecule has 2 aromatic heterocycles. The van der Waals surface area contributed by atoms with Gasteiger partial charge in [0, 0.05) is 17.8 Å². The van der Waals surface area contributed by atoms with Gasteiger partial charge in [-0.25, -0.2) is 9.97 Å². The second kappa shape index (κ2) is 6.30. The second-order valence-electron chi connectivity index (χ2n) is 5.00. The molecule has 0 aromatic carbocycles. The molecule has 1 N–H and O–H groups in total. The molecule has 104 valence electrons. The monoisotopic (exact) mass is 278 g/mol. The van der Waals surface area contributed by atoms with Crippen molar-refractivity contribution in [3.8, 4) is 0 Å². The Kier molecular flexibility index (Phi) is 4.71. The molecule has 0 saturated heterocycles. The lowest BCUT2D eigenvalue weighted by atomic mass is 10.3. The van der Waals surface area contributed by atoms with Gasteiger partial charge in [-0.1, -0.05) is 6.92 Å². The molecular formula is C14H22N4S. The first-order chi connectivity index (χ1) is 9.10. The fourth-order valence-electron chi connectivity index (χ4n) is 1.98. The van der Waals surface area contributed by atoms with E-state index in [-0.39, 0.29) is 0 Å². The fraction of sp³-hybridized carbons (Fsp3) is 0.571. The zero-order valence-corrected chi connectivity index (χ0v) is 13.0. The first-order valence-corrected chi connectivity index (χ1v) is 7.57. The smallest absolute Gasteiger partial charge is 0.138 e. The average Bonchev–Trinajstić information content (AvgIpc) is 2.74. The summed E-state index contributed by atoms with van der Waals surface area (Å²) in [6.45, 7) is 6.25. The Hall–Kier alpha value is -1.20. The molecular weight excluding hydrogens is 256 g/mol. The minimum absolute atomic E-state index is 0.874. The van der Waals surface area contributed by atoms with Crippen LogP contribution in [0.2, 0.25) is 0 Å². The molecule has 2 rings (SSSR count). The third-order valence-electron chi connectivity index (χ3n) is 2.95. The number of thiophene rings is 1. The van der Waals surface area contributed by atoms with E-state index in [2.05, 4.69) is 54.2 Å². The van der Waals surface area contributed by atoms with E-state index in [9.17, 15) is 0 Å². The highest BCUT2D eigenvalue weighted by molar-refractivity contribution is 7.18. The van der Waals surface area contributed by atoms with Crippen molar-refractivity contribution in [1.82, 2.24) is 14.9 Å². The summed E-state index contributed by atoms with van der Waals surface area (Å²) in [4.78, 5) is 13.8. The van der Waals surface area contributed by atoms with Gasteiger partial charge in [-0.15, -0.1) is 11.3 Å². The van der Waals surface area contributed by atoms with Crippen molar-refractivity contribution in [1.29, 1.82) is 0 Å². The first kappa shape index (κ1) is 14.2. The number of hydrogen-bond acceptors (Lipinski definition) is 5. The number of nitrogens with zero attached hydrogens (tertiary/aromatic N) is 3. The summed E-state index contributed by atoms with van der Waals surface area (Å²) < 4.78 is 0. The third kappa shape index (κ3) is 3.64. The first-order valence-electron chi connectivity index (χ1n) is 6.75. The van der Waals surface area contributed by atoms with Crippen LogP contribution in [0, 0.1) is 6.92 Å². The normalized spacial score (nSPS) is 11.4. The molecule has 0 aliphatic heterocycles. The van der Waals surface area contributed by atoms with Gasteiger partial charge in [-0.05, 0) is 40.1 Å². The Bertz CT molecular complexity index is 548. The van der Waals surface area contributed by atoms with E-state index in [1.165, 1.54) is 4.88 Å². The van der Waals surface area contributed by atoms with Crippen LogP contribution in [-0.4, -0.2) is 42.1 Å². The zero-order chi connectivity index (χ0) is 13.8. The number of aryl methyl sites for hydroxylation is 2. The SMILES string of the molecule is CCc1nc(NCCCN(C)C)c2cc(C)sc2n1. The maximum Gasteiger partial charge on any atom is 0.138 e. The molecule has 2 heterocycles. The summed E-state index contributed by atoms with van der Waals surface area (Å²) in [6, 6.07) is 2.17. The largest absolute Gasteiger partial charge is 0.369 e. The van der Waals surface area contributed by atoms with Crippen molar-refractivity contribution in [2.45, 2.75) is 26.7 Å². The number of hydrogen-bond donors (Lipinski definition) is 1. The second-order valence-corrected chi connectivity index (χ2v) is 6.24. The molecule has 0 radical (unpaired) electrons. The third-order valence-corrected chi connectivity index (χ3v) is 3.90. The standard InChI is InChI=1S/C14H22N4S/c1-5-12-16-13(15-7-6-8-18(3)4)11-9-10(2)19-14(11)17-12/h9H,5-8H2,1-4H3,(H,15,16,17). The molecule has 0 fully saturated rings. The van der Waals surface area contributed by atoms with E-state index >= 15 is 0 Å². The molecule has 0 saturated carbocycles. The summed E-state index contributed by atoms with van der Waals surface area (Å²) in [6.07, 6.45) is 1.99. The number of aromatic nitrogens is 2. The Labute approximate surface area is 118 Å². The lowest BCUT2D eigenvalue weighted by molar-refractivity contribution is 0.405. The van der Waals surface area contributed by atoms with Crippen molar-refractivity contribution < 1.29 is 0 Å². The van der Waals surface area contributed by atoms with Gasteiger partial charge in [0.1, 0.15) is 16.5 Å². The Balaban J connectivity index is 2.15. The van der Waals surface area contributed by atoms with E-state index in [0.717, 1.165) is 47.8 Å². The molecule has 0 unspecified atom stereocenters. The topological polar surface area (TPSA) is 41.1 Å². The minimum atomic E-state index is 0.874. The van der Waals surface area contributed by atoms with Crippen LogP contribution in [0.4, 0.5) is 5.82 Å². The van der Waals surface area contributed by atoms with Crippen molar-refractivity contribution in [2.75, 3.05) is 32.5 Å². The number of fused-ring (bicyclic) bond motifs is 1. The Morgan fingerprint density at radius 3 is 2.79 bits per heavy atom. The molecule has 0 aliphatic rings. The molecule has 5 heteroatoms. The molecule has 0 spiro atoms. The minimum Gasteiger partial charge on any atom is -0.369 e. The van der Waals surface area contributed by atoms with Crippen LogP contribution >= 0.6 is 11.3 Å². The predicted octanol–water partition coefficient (Wildman–Crippen LogP) is 2.93. The van der Waals surface area contributed by atoms with Gasteiger partial charge in [-0.3, -0.25) is 0 Å². The summed E-state index contributed by atoms with van der Waals surface area (Å²) in [5, 5.41) is 4.62. The fourth-order valence-corrected chi connectivity index (χ4v) is 2.88. The van der Waals surface area contributed by atoms with Crippen LogP contribution in [-0.2, 0) is 6.42 Å². The molecule has 19 heavy (non-hydrogen) atoms. The van der Waals surface area contributed by atoms with Crippen LogP contribution < -0.4 is 5.32 Å². The number of anilines is 1. The lowest BCUT2D eigenvalue weighted by Gasteiger charge is -2.11.